The van der Waals surface area contributed by atoms with Gasteiger partial charge in [-0.25, -0.2) is 0 Å². The Morgan fingerprint density at radius 3 is 2.73 bits per heavy atom. The smallest absolute Gasteiger partial charge is 0.227 e. The Bertz CT molecular complexity index is 619. The molecule has 1 aromatic rings. The number of amides is 2. The van der Waals surface area contributed by atoms with E-state index in [0.29, 0.717) is 19.5 Å². The summed E-state index contributed by atoms with van der Waals surface area (Å²) in [6.45, 7) is 8.16. The van der Waals surface area contributed by atoms with Gasteiger partial charge in [-0.1, -0.05) is 25.1 Å². The van der Waals surface area contributed by atoms with Gasteiger partial charge in [-0.2, -0.15) is 0 Å². The van der Waals surface area contributed by atoms with Crippen LogP contribution in [0.1, 0.15) is 18.9 Å². The van der Waals surface area contributed by atoms with Crippen LogP contribution in [0.4, 0.5) is 5.69 Å². The zero-order valence-electron chi connectivity index (χ0n) is 15.4. The van der Waals surface area contributed by atoms with Gasteiger partial charge in [0.2, 0.25) is 11.8 Å². The van der Waals surface area contributed by atoms with Gasteiger partial charge in [0.15, 0.2) is 0 Å². The Morgan fingerprint density at radius 2 is 2.00 bits per heavy atom. The summed E-state index contributed by atoms with van der Waals surface area (Å²) in [6, 6.07) is 7.96. The van der Waals surface area contributed by atoms with E-state index in [9.17, 15) is 9.59 Å². The molecule has 26 heavy (non-hydrogen) atoms. The van der Waals surface area contributed by atoms with E-state index in [1.807, 2.05) is 24.3 Å². The Labute approximate surface area is 161 Å². The monoisotopic (exact) mass is 380 g/mol. The van der Waals surface area contributed by atoms with Gasteiger partial charge in [-0.15, -0.1) is 12.4 Å². The number of anilines is 1. The maximum Gasteiger partial charge on any atom is 0.227 e. The van der Waals surface area contributed by atoms with Crippen molar-refractivity contribution in [2.75, 3.05) is 50.7 Å². The number of benzene rings is 1. The summed E-state index contributed by atoms with van der Waals surface area (Å²) in [7, 11) is 0. The van der Waals surface area contributed by atoms with Gasteiger partial charge in [-0.05, 0) is 18.1 Å². The van der Waals surface area contributed by atoms with Gasteiger partial charge in [0.25, 0.3) is 0 Å². The third-order valence-corrected chi connectivity index (χ3v) is 5.10. The first-order valence-electron chi connectivity index (χ1n) is 9.28. The van der Waals surface area contributed by atoms with E-state index < -0.39 is 0 Å². The highest BCUT2D eigenvalue weighted by Gasteiger charge is 2.35. The molecule has 1 atom stereocenters. The van der Waals surface area contributed by atoms with Crippen LogP contribution in [0.3, 0.4) is 0 Å². The molecule has 7 heteroatoms. The van der Waals surface area contributed by atoms with E-state index in [1.165, 1.54) is 0 Å². The van der Waals surface area contributed by atoms with Crippen LogP contribution in [0, 0.1) is 5.92 Å². The molecule has 1 unspecified atom stereocenters. The van der Waals surface area contributed by atoms with Crippen molar-refractivity contribution in [1.29, 1.82) is 0 Å². The first-order chi connectivity index (χ1) is 12.2. The van der Waals surface area contributed by atoms with Crippen molar-refractivity contribution in [3.05, 3.63) is 29.8 Å². The third-order valence-electron chi connectivity index (χ3n) is 5.10. The summed E-state index contributed by atoms with van der Waals surface area (Å²) >= 11 is 0. The second-order valence-corrected chi connectivity index (χ2v) is 6.77. The molecule has 2 aliphatic heterocycles. The molecule has 0 aromatic heterocycles. The van der Waals surface area contributed by atoms with Crippen LogP contribution in [0.25, 0.3) is 0 Å². The fourth-order valence-electron chi connectivity index (χ4n) is 3.61. The number of nitrogens with zero attached hydrogens (tertiary/aromatic N) is 2. The van der Waals surface area contributed by atoms with E-state index in [2.05, 4.69) is 22.5 Å². The Morgan fingerprint density at radius 1 is 1.27 bits per heavy atom. The molecule has 2 saturated heterocycles. The standard InChI is InChI=1S/C19H28N4O2.ClH/c1-2-15-5-3-4-6-17(15)23-14-16(13-18(23)24)19(25)21-9-12-22-10-7-20-8-11-22;/h3-6,16,20H,2,7-14H2,1H3,(H,21,25);1H. The average molecular weight is 381 g/mol. The second kappa shape index (κ2) is 9.90. The minimum Gasteiger partial charge on any atom is -0.355 e. The van der Waals surface area contributed by atoms with E-state index in [1.54, 1.807) is 4.90 Å². The maximum absolute atomic E-state index is 12.4. The van der Waals surface area contributed by atoms with Crippen molar-refractivity contribution in [1.82, 2.24) is 15.5 Å². The summed E-state index contributed by atoms with van der Waals surface area (Å²) in [4.78, 5) is 29.0. The van der Waals surface area contributed by atoms with Gasteiger partial charge in [0, 0.05) is 57.9 Å². The van der Waals surface area contributed by atoms with Crippen LogP contribution in [0.15, 0.2) is 24.3 Å². The maximum atomic E-state index is 12.4. The molecule has 6 nitrogen and oxygen atoms in total. The minimum absolute atomic E-state index is 0. The lowest BCUT2D eigenvalue weighted by Crippen LogP contribution is -2.46. The van der Waals surface area contributed by atoms with Crippen molar-refractivity contribution in [2.45, 2.75) is 19.8 Å². The number of rotatable bonds is 6. The quantitative estimate of drug-likeness (QED) is 0.774. The minimum atomic E-state index is -0.250. The molecule has 2 heterocycles. The molecule has 2 N–H and O–H groups in total. The Balaban J connectivity index is 0.00000243. The SMILES string of the molecule is CCc1ccccc1N1CC(C(=O)NCCN2CCNCC2)CC1=O.Cl. The number of aryl methyl sites for hydroxylation is 1. The molecular weight excluding hydrogens is 352 g/mol. The lowest BCUT2D eigenvalue weighted by Gasteiger charge is -2.27. The van der Waals surface area contributed by atoms with Gasteiger partial charge < -0.3 is 15.5 Å². The molecule has 0 spiro atoms. The van der Waals surface area contributed by atoms with Crippen LogP contribution < -0.4 is 15.5 Å². The second-order valence-electron chi connectivity index (χ2n) is 6.77. The predicted octanol–water partition coefficient (Wildman–Crippen LogP) is 1.05. The summed E-state index contributed by atoms with van der Waals surface area (Å²) in [5.41, 5.74) is 2.10. The summed E-state index contributed by atoms with van der Waals surface area (Å²) in [5.74, 6) is -0.205. The number of halogens is 1. The summed E-state index contributed by atoms with van der Waals surface area (Å²) in [6.07, 6.45) is 1.18. The molecule has 2 fully saturated rings. The van der Waals surface area contributed by atoms with E-state index in [0.717, 1.165) is 50.4 Å². The first-order valence-corrected chi connectivity index (χ1v) is 9.28. The molecule has 1 aromatic carbocycles. The molecule has 2 amide bonds. The van der Waals surface area contributed by atoms with Crippen LogP contribution >= 0.6 is 12.4 Å². The molecular formula is C19H29ClN4O2. The van der Waals surface area contributed by atoms with Crippen molar-refractivity contribution >= 4 is 29.9 Å². The highest BCUT2D eigenvalue weighted by molar-refractivity contribution is 6.00. The molecule has 144 valence electrons. The van der Waals surface area contributed by atoms with Gasteiger partial charge in [-0.3, -0.25) is 14.5 Å². The normalized spacial score (nSPS) is 20.7. The largest absolute Gasteiger partial charge is 0.355 e. The van der Waals surface area contributed by atoms with Crippen LogP contribution in [-0.2, 0) is 16.0 Å². The zero-order valence-corrected chi connectivity index (χ0v) is 16.2. The predicted molar refractivity (Wildman–Crippen MR) is 106 cm³/mol. The van der Waals surface area contributed by atoms with Gasteiger partial charge >= 0.3 is 0 Å². The number of para-hydroxylation sites is 1. The summed E-state index contributed by atoms with van der Waals surface area (Å²) in [5, 5.41) is 6.33. The van der Waals surface area contributed by atoms with Crippen molar-refractivity contribution in [3.63, 3.8) is 0 Å². The lowest BCUT2D eigenvalue weighted by molar-refractivity contribution is -0.126. The fraction of sp³-hybridized carbons (Fsp3) is 0.579. The summed E-state index contributed by atoms with van der Waals surface area (Å²) < 4.78 is 0. The van der Waals surface area contributed by atoms with Crippen LogP contribution in [0.5, 0.6) is 0 Å². The number of carbonyl (C=O) groups is 2. The molecule has 0 bridgehead atoms. The zero-order chi connectivity index (χ0) is 17.6. The number of nitrogens with one attached hydrogen (secondary N) is 2. The van der Waals surface area contributed by atoms with Crippen molar-refractivity contribution in [2.24, 2.45) is 5.92 Å². The Hall–Kier alpha value is -1.63. The van der Waals surface area contributed by atoms with E-state index >= 15 is 0 Å². The van der Waals surface area contributed by atoms with Crippen LogP contribution in [-0.4, -0.2) is 62.5 Å². The topological polar surface area (TPSA) is 64.7 Å². The highest BCUT2D eigenvalue weighted by Crippen LogP contribution is 2.28. The third kappa shape index (κ3) is 4.96. The van der Waals surface area contributed by atoms with E-state index in [-0.39, 0.29) is 30.1 Å². The number of hydrogen-bond acceptors (Lipinski definition) is 4. The van der Waals surface area contributed by atoms with Gasteiger partial charge in [0.1, 0.15) is 0 Å². The lowest BCUT2D eigenvalue weighted by atomic mass is 10.1. The molecule has 3 rings (SSSR count). The molecule has 0 radical (unpaired) electrons. The fourth-order valence-corrected chi connectivity index (χ4v) is 3.61. The van der Waals surface area contributed by atoms with Crippen molar-refractivity contribution < 1.29 is 9.59 Å². The number of carbonyl (C=O) groups excluding carboxylic acids is 2. The van der Waals surface area contributed by atoms with Gasteiger partial charge in [0.05, 0.1) is 5.92 Å². The average Bonchev–Trinajstić information content (AvgIpc) is 3.04. The molecule has 0 aliphatic carbocycles. The number of hydrogen-bond donors (Lipinski definition) is 2. The van der Waals surface area contributed by atoms with Crippen LogP contribution in [0.2, 0.25) is 0 Å². The Kier molecular flexibility index (Phi) is 7.87. The molecule has 0 saturated carbocycles. The highest BCUT2D eigenvalue weighted by atomic mass is 35.5. The van der Waals surface area contributed by atoms with Crippen molar-refractivity contribution in [3.8, 4) is 0 Å². The number of piperazine rings is 1. The first kappa shape index (κ1) is 20.7. The van der Waals surface area contributed by atoms with E-state index in [4.69, 9.17) is 0 Å². The molecule has 2 aliphatic rings.